The maximum Gasteiger partial charge on any atom is 0.415 e. The number of hydrogen-bond donors (Lipinski definition) is 0. The molecule has 0 N–H and O–H groups in total. The van der Waals surface area contributed by atoms with Gasteiger partial charge in [0.2, 0.25) is 0 Å². The van der Waals surface area contributed by atoms with E-state index in [1.165, 1.54) is 19.3 Å². The molecule has 0 heterocycles. The van der Waals surface area contributed by atoms with Crippen molar-refractivity contribution in [1.82, 2.24) is 4.90 Å². The average Bonchev–Trinajstić information content (AvgIpc) is 2.57. The molecule has 4 heteroatoms. The molecule has 0 bridgehead atoms. The second kappa shape index (κ2) is 6.69. The average molecular weight is 362 g/mol. The first-order valence-electron chi connectivity index (χ1n) is 7.78. The van der Waals surface area contributed by atoms with Crippen LogP contribution in [0.5, 0.6) is 5.75 Å². The van der Waals surface area contributed by atoms with Gasteiger partial charge in [0.1, 0.15) is 5.75 Å². The minimum Gasteiger partial charge on any atom is -0.409 e. The van der Waals surface area contributed by atoms with Crippen molar-refractivity contribution >= 4 is 32.8 Å². The van der Waals surface area contributed by atoms with Gasteiger partial charge < -0.3 is 9.64 Å². The van der Waals surface area contributed by atoms with Crippen molar-refractivity contribution in [1.29, 1.82) is 0 Å². The number of carbonyl (C=O) groups excluding carboxylic acids is 1. The van der Waals surface area contributed by atoms with Gasteiger partial charge in [-0.2, -0.15) is 0 Å². The molecule has 1 fully saturated rings. The molecule has 0 atom stereocenters. The largest absolute Gasteiger partial charge is 0.415 e. The van der Waals surface area contributed by atoms with Crippen LogP contribution in [0, 0.1) is 0 Å². The molecule has 1 aliphatic carbocycles. The normalized spacial score (nSPS) is 15.7. The number of benzene rings is 2. The summed E-state index contributed by atoms with van der Waals surface area (Å²) in [7, 11) is 1.84. The first kappa shape index (κ1) is 15.3. The highest BCUT2D eigenvalue weighted by atomic mass is 79.9. The maximum atomic E-state index is 12.4. The number of hydrogen-bond acceptors (Lipinski definition) is 2. The van der Waals surface area contributed by atoms with Crippen molar-refractivity contribution in [3.63, 3.8) is 0 Å². The molecule has 1 saturated carbocycles. The van der Waals surface area contributed by atoms with Crippen LogP contribution in [0.3, 0.4) is 0 Å². The van der Waals surface area contributed by atoms with Crippen LogP contribution in [0.1, 0.15) is 32.1 Å². The first-order valence-corrected chi connectivity index (χ1v) is 8.58. The van der Waals surface area contributed by atoms with Crippen LogP contribution in [0.25, 0.3) is 10.8 Å². The van der Waals surface area contributed by atoms with E-state index in [4.69, 9.17) is 4.74 Å². The fourth-order valence-electron chi connectivity index (χ4n) is 3.08. The van der Waals surface area contributed by atoms with Gasteiger partial charge in [0, 0.05) is 13.1 Å². The van der Waals surface area contributed by atoms with Gasteiger partial charge in [-0.1, -0.05) is 49.6 Å². The molecule has 0 saturated heterocycles. The molecule has 2 aromatic carbocycles. The lowest BCUT2D eigenvalue weighted by molar-refractivity contribution is 0.133. The van der Waals surface area contributed by atoms with Crippen LogP contribution in [0.4, 0.5) is 4.79 Å². The molecule has 0 aliphatic heterocycles. The Morgan fingerprint density at radius 1 is 1.14 bits per heavy atom. The van der Waals surface area contributed by atoms with E-state index in [2.05, 4.69) is 15.9 Å². The Hall–Kier alpha value is -1.55. The van der Waals surface area contributed by atoms with Gasteiger partial charge in [-0.05, 0) is 45.6 Å². The Morgan fingerprint density at radius 3 is 2.64 bits per heavy atom. The summed E-state index contributed by atoms with van der Waals surface area (Å²) in [6.07, 6.45) is 5.54. The summed E-state index contributed by atoms with van der Waals surface area (Å²) in [6, 6.07) is 12.2. The second-order valence-corrected chi connectivity index (χ2v) is 6.66. The van der Waals surface area contributed by atoms with E-state index in [9.17, 15) is 4.79 Å². The summed E-state index contributed by atoms with van der Waals surface area (Å²) < 4.78 is 6.44. The first-order chi connectivity index (χ1) is 10.7. The third kappa shape index (κ3) is 3.12. The van der Waals surface area contributed by atoms with E-state index >= 15 is 0 Å². The van der Waals surface area contributed by atoms with Crippen molar-refractivity contribution in [3.8, 4) is 5.75 Å². The molecule has 0 spiro atoms. The lowest BCUT2D eigenvalue weighted by Crippen LogP contribution is -2.40. The summed E-state index contributed by atoms with van der Waals surface area (Å²) in [5.74, 6) is 0.575. The summed E-state index contributed by atoms with van der Waals surface area (Å²) in [5, 5.41) is 2.17. The molecule has 116 valence electrons. The summed E-state index contributed by atoms with van der Waals surface area (Å²) >= 11 is 3.56. The molecular formula is C18H20BrNO2. The molecule has 3 nitrogen and oxygen atoms in total. The maximum absolute atomic E-state index is 12.4. The molecule has 0 aromatic heterocycles. The van der Waals surface area contributed by atoms with Gasteiger partial charge in [-0.25, -0.2) is 4.79 Å². The van der Waals surface area contributed by atoms with Crippen LogP contribution in [-0.2, 0) is 0 Å². The van der Waals surface area contributed by atoms with Crippen LogP contribution in [0.15, 0.2) is 40.9 Å². The van der Waals surface area contributed by atoms with E-state index in [-0.39, 0.29) is 6.09 Å². The third-order valence-corrected chi connectivity index (χ3v) is 5.25. The van der Waals surface area contributed by atoms with Crippen LogP contribution in [-0.4, -0.2) is 24.1 Å². The van der Waals surface area contributed by atoms with Gasteiger partial charge in [-0.15, -0.1) is 0 Å². The predicted molar refractivity (Wildman–Crippen MR) is 92.3 cm³/mol. The lowest BCUT2D eigenvalue weighted by atomic mass is 9.95. The fraction of sp³-hybridized carbons (Fsp3) is 0.389. The van der Waals surface area contributed by atoms with E-state index in [0.29, 0.717) is 11.8 Å². The number of carbonyl (C=O) groups is 1. The molecule has 1 amide bonds. The van der Waals surface area contributed by atoms with Gasteiger partial charge in [0.15, 0.2) is 0 Å². The predicted octanol–water partition coefficient (Wildman–Crippen LogP) is 5.37. The lowest BCUT2D eigenvalue weighted by Gasteiger charge is -2.30. The number of rotatable bonds is 2. The Bertz CT molecular complexity index is 680. The van der Waals surface area contributed by atoms with Crippen LogP contribution < -0.4 is 4.74 Å². The summed E-state index contributed by atoms with van der Waals surface area (Å²) in [4.78, 5) is 14.1. The zero-order valence-electron chi connectivity index (χ0n) is 12.7. The topological polar surface area (TPSA) is 29.5 Å². The molecule has 1 aliphatic rings. The second-order valence-electron chi connectivity index (χ2n) is 5.87. The number of nitrogens with zero attached hydrogens (tertiary/aromatic N) is 1. The highest BCUT2D eigenvalue weighted by molar-refractivity contribution is 9.10. The Balaban J connectivity index is 1.77. The smallest absolute Gasteiger partial charge is 0.409 e. The Kier molecular flexibility index (Phi) is 4.67. The van der Waals surface area contributed by atoms with Crippen molar-refractivity contribution in [2.24, 2.45) is 0 Å². The SMILES string of the molecule is CN(C(=O)Oc1ccc2ccccc2c1Br)C1CCCCC1. The molecule has 0 unspecified atom stereocenters. The van der Waals surface area contributed by atoms with Gasteiger partial charge >= 0.3 is 6.09 Å². The zero-order valence-corrected chi connectivity index (χ0v) is 14.3. The molecular weight excluding hydrogens is 342 g/mol. The van der Waals surface area contributed by atoms with Crippen molar-refractivity contribution in [2.45, 2.75) is 38.1 Å². The number of amides is 1. The number of halogens is 1. The van der Waals surface area contributed by atoms with E-state index < -0.39 is 0 Å². The molecule has 2 aromatic rings. The van der Waals surface area contributed by atoms with Crippen molar-refractivity contribution in [2.75, 3.05) is 7.05 Å². The molecule has 22 heavy (non-hydrogen) atoms. The van der Waals surface area contributed by atoms with Crippen LogP contribution in [0.2, 0.25) is 0 Å². The summed E-state index contributed by atoms with van der Waals surface area (Å²) in [6.45, 7) is 0. The van der Waals surface area contributed by atoms with E-state index in [0.717, 1.165) is 28.1 Å². The quantitative estimate of drug-likeness (QED) is 0.719. The minimum absolute atomic E-state index is 0.275. The summed E-state index contributed by atoms with van der Waals surface area (Å²) in [5.41, 5.74) is 0. The van der Waals surface area contributed by atoms with Gasteiger partial charge in [0.05, 0.1) is 4.47 Å². The minimum atomic E-state index is -0.275. The third-order valence-electron chi connectivity index (χ3n) is 4.44. The monoisotopic (exact) mass is 361 g/mol. The van der Waals surface area contributed by atoms with Gasteiger partial charge in [-0.3, -0.25) is 0 Å². The van der Waals surface area contributed by atoms with Crippen LogP contribution >= 0.6 is 15.9 Å². The van der Waals surface area contributed by atoms with E-state index in [1.807, 2.05) is 43.4 Å². The standard InChI is InChI=1S/C18H20BrNO2/c1-20(14-8-3-2-4-9-14)18(21)22-16-12-11-13-7-5-6-10-15(13)17(16)19/h5-7,10-12,14H,2-4,8-9H2,1H3. The van der Waals surface area contributed by atoms with Gasteiger partial charge in [0.25, 0.3) is 0 Å². The number of fused-ring (bicyclic) bond motifs is 1. The Labute approximate surface area is 139 Å². The highest BCUT2D eigenvalue weighted by Crippen LogP contribution is 2.33. The Morgan fingerprint density at radius 2 is 1.86 bits per heavy atom. The number of ether oxygens (including phenoxy) is 1. The highest BCUT2D eigenvalue weighted by Gasteiger charge is 2.24. The van der Waals surface area contributed by atoms with E-state index in [1.54, 1.807) is 4.90 Å². The molecule has 0 radical (unpaired) electrons. The molecule has 3 rings (SSSR count). The van der Waals surface area contributed by atoms with Crippen molar-refractivity contribution in [3.05, 3.63) is 40.9 Å². The zero-order chi connectivity index (χ0) is 15.5. The van der Waals surface area contributed by atoms with Crippen molar-refractivity contribution < 1.29 is 9.53 Å². The fourth-order valence-corrected chi connectivity index (χ4v) is 3.65.